The average molecular weight is 346 g/mol. The first kappa shape index (κ1) is 23.4. The summed E-state index contributed by atoms with van der Waals surface area (Å²) in [5, 5.41) is 0. The third-order valence-electron chi connectivity index (χ3n) is 3.55. The van der Waals surface area contributed by atoms with Crippen LogP contribution in [0.3, 0.4) is 0 Å². The number of unbranched alkanes of at least 4 members (excludes halogenated alkanes) is 7. The molecule has 21 heavy (non-hydrogen) atoms. The van der Waals surface area contributed by atoms with Crippen molar-refractivity contribution < 1.29 is 34.0 Å². The van der Waals surface area contributed by atoms with Crippen LogP contribution in [0.1, 0.15) is 58.3 Å². The Morgan fingerprint density at radius 3 is 1.86 bits per heavy atom. The molecule has 0 aliphatic carbocycles. The van der Waals surface area contributed by atoms with E-state index >= 15 is 0 Å². The Bertz CT molecular complexity index is 334. The van der Waals surface area contributed by atoms with Gasteiger partial charge in [0.1, 0.15) is 13.2 Å². The fraction of sp³-hybridized carbons (Fsp3) is 1.00. The second-order valence-electron chi connectivity index (χ2n) is 6.11. The number of likely N-dealkylation sites (N-methyl/N-ethyl adjacent to an activating group) is 1. The van der Waals surface area contributed by atoms with Crippen LogP contribution in [-0.2, 0) is 14.6 Å². The average Bonchev–Trinajstić information content (AvgIpc) is 2.30. The van der Waals surface area contributed by atoms with E-state index in [2.05, 4.69) is 25.2 Å². The minimum atomic E-state index is -4.30. The zero-order chi connectivity index (χ0) is 15.5. The van der Waals surface area contributed by atoms with Crippen molar-refractivity contribution in [3.63, 3.8) is 0 Å². The number of rotatable bonds is 13. The van der Waals surface area contributed by atoms with Crippen LogP contribution in [-0.4, -0.2) is 51.2 Å². The highest BCUT2D eigenvalue weighted by Crippen LogP contribution is 2.10. The van der Waals surface area contributed by atoms with Gasteiger partial charge in [0.15, 0.2) is 0 Å². The highest BCUT2D eigenvalue weighted by atomic mass is 35.5. The Morgan fingerprint density at radius 1 is 0.905 bits per heavy atom. The van der Waals surface area contributed by atoms with E-state index in [9.17, 15) is 8.42 Å². The van der Waals surface area contributed by atoms with E-state index in [0.717, 1.165) is 13.0 Å². The van der Waals surface area contributed by atoms with Crippen molar-refractivity contribution in [2.45, 2.75) is 58.3 Å². The molecule has 1 N–H and O–H groups in total. The highest BCUT2D eigenvalue weighted by Gasteiger charge is 2.16. The summed E-state index contributed by atoms with van der Waals surface area (Å²) >= 11 is 0. The van der Waals surface area contributed by atoms with Gasteiger partial charge < -0.3 is 16.9 Å². The first-order valence-corrected chi connectivity index (χ1v) is 9.07. The molecule has 5 nitrogen and oxygen atoms in total. The lowest BCUT2D eigenvalue weighted by Crippen LogP contribution is -3.00. The van der Waals surface area contributed by atoms with Crippen molar-refractivity contribution in [2.24, 2.45) is 0 Å². The highest BCUT2D eigenvalue weighted by molar-refractivity contribution is 7.80. The number of hydrogen-bond donors (Lipinski definition) is 1. The Morgan fingerprint density at radius 2 is 1.38 bits per heavy atom. The second kappa shape index (κ2) is 12.6. The molecule has 7 heteroatoms. The topological polar surface area (TPSA) is 63.6 Å². The first-order chi connectivity index (χ1) is 9.27. The minimum Gasteiger partial charge on any atom is -1.00 e. The van der Waals surface area contributed by atoms with E-state index in [1.54, 1.807) is 0 Å². The fourth-order valence-electron chi connectivity index (χ4n) is 2.18. The summed E-state index contributed by atoms with van der Waals surface area (Å²) in [6, 6.07) is 0. The predicted molar refractivity (Wildman–Crippen MR) is 82.0 cm³/mol. The van der Waals surface area contributed by atoms with E-state index in [0.29, 0.717) is 11.0 Å². The summed E-state index contributed by atoms with van der Waals surface area (Å²) < 4.78 is 34.5. The lowest BCUT2D eigenvalue weighted by molar-refractivity contribution is -0.890. The monoisotopic (exact) mass is 345 g/mol. The maximum absolute atomic E-state index is 10.5. The fourth-order valence-corrected chi connectivity index (χ4v) is 2.46. The van der Waals surface area contributed by atoms with Gasteiger partial charge in [-0.15, -0.1) is 0 Å². The molecule has 0 bridgehead atoms. The van der Waals surface area contributed by atoms with E-state index in [4.69, 9.17) is 4.55 Å². The van der Waals surface area contributed by atoms with Gasteiger partial charge in [-0.05, 0) is 12.8 Å². The van der Waals surface area contributed by atoms with Crippen molar-refractivity contribution in [1.29, 1.82) is 0 Å². The van der Waals surface area contributed by atoms with E-state index in [1.807, 2.05) is 0 Å². The molecular formula is C14H32ClNO4S. The molecule has 0 amide bonds. The third-order valence-corrected chi connectivity index (χ3v) is 4.01. The number of nitrogens with zero attached hydrogens (tertiary/aromatic N) is 1. The van der Waals surface area contributed by atoms with Gasteiger partial charge in [-0.25, -0.2) is 4.18 Å². The van der Waals surface area contributed by atoms with Gasteiger partial charge in [0.05, 0.1) is 20.6 Å². The normalized spacial score (nSPS) is 12.2. The molecule has 0 aromatic rings. The minimum absolute atomic E-state index is 0. The first-order valence-electron chi connectivity index (χ1n) is 7.71. The number of quaternary nitrogens is 1. The molecule has 0 aliphatic rings. The maximum atomic E-state index is 10.5. The van der Waals surface area contributed by atoms with Gasteiger partial charge in [0.25, 0.3) is 0 Å². The summed E-state index contributed by atoms with van der Waals surface area (Å²) in [5.74, 6) is 0. The molecule has 0 aromatic carbocycles. The van der Waals surface area contributed by atoms with Crippen molar-refractivity contribution in [3.05, 3.63) is 0 Å². The molecular weight excluding hydrogens is 314 g/mol. The molecule has 0 saturated carbocycles. The summed E-state index contributed by atoms with van der Waals surface area (Å²) in [5.41, 5.74) is 0. The molecule has 0 unspecified atom stereocenters. The zero-order valence-electron chi connectivity index (χ0n) is 13.7. The Hall–Kier alpha value is 0.120. The van der Waals surface area contributed by atoms with Gasteiger partial charge >= 0.3 is 10.4 Å². The molecule has 130 valence electrons. The molecule has 0 saturated heterocycles. The van der Waals surface area contributed by atoms with E-state index in [-0.39, 0.29) is 19.0 Å². The quantitative estimate of drug-likeness (QED) is 0.290. The van der Waals surface area contributed by atoms with Crippen LogP contribution in [0.2, 0.25) is 0 Å². The predicted octanol–water partition coefficient (Wildman–Crippen LogP) is 0.0269. The van der Waals surface area contributed by atoms with Gasteiger partial charge in [-0.2, -0.15) is 8.42 Å². The van der Waals surface area contributed by atoms with Crippen molar-refractivity contribution in [1.82, 2.24) is 0 Å². The Labute approximate surface area is 137 Å². The van der Waals surface area contributed by atoms with Crippen molar-refractivity contribution in [2.75, 3.05) is 33.8 Å². The molecule has 0 heterocycles. The Kier molecular flexibility index (Phi) is 14.1. The van der Waals surface area contributed by atoms with Crippen LogP contribution >= 0.6 is 0 Å². The van der Waals surface area contributed by atoms with Crippen LogP contribution < -0.4 is 12.4 Å². The lowest BCUT2D eigenvalue weighted by atomic mass is 10.1. The summed E-state index contributed by atoms with van der Waals surface area (Å²) in [4.78, 5) is 0. The van der Waals surface area contributed by atoms with Crippen LogP contribution in [0.15, 0.2) is 0 Å². The largest absolute Gasteiger partial charge is 1.00 e. The molecule has 0 spiro atoms. The van der Waals surface area contributed by atoms with Crippen molar-refractivity contribution >= 4 is 10.4 Å². The second-order valence-corrected chi connectivity index (χ2v) is 7.20. The molecule has 0 aliphatic heterocycles. The molecule has 0 fully saturated rings. The third kappa shape index (κ3) is 18.1. The van der Waals surface area contributed by atoms with Crippen LogP contribution in [0.4, 0.5) is 0 Å². The standard InChI is InChI=1S/C14H31NO4S.ClH/c1-4-5-6-7-8-9-10-11-12-15(2,3)13-14-19-20(16,17)18;/h4-14H2,1-3H3;1H. The Balaban J connectivity index is 0. The summed E-state index contributed by atoms with van der Waals surface area (Å²) in [6.45, 7) is 3.84. The summed E-state index contributed by atoms with van der Waals surface area (Å²) in [7, 11) is -0.196. The van der Waals surface area contributed by atoms with Gasteiger partial charge in [0, 0.05) is 0 Å². The van der Waals surface area contributed by atoms with Crippen LogP contribution in [0.5, 0.6) is 0 Å². The van der Waals surface area contributed by atoms with E-state index < -0.39 is 10.4 Å². The van der Waals surface area contributed by atoms with Gasteiger partial charge in [0.2, 0.25) is 0 Å². The van der Waals surface area contributed by atoms with Crippen LogP contribution in [0.25, 0.3) is 0 Å². The van der Waals surface area contributed by atoms with Crippen LogP contribution in [0, 0.1) is 0 Å². The number of halogens is 1. The van der Waals surface area contributed by atoms with E-state index in [1.165, 1.54) is 44.9 Å². The molecule has 0 atom stereocenters. The number of hydrogen-bond acceptors (Lipinski definition) is 3. The molecule has 0 radical (unpaired) electrons. The van der Waals surface area contributed by atoms with Gasteiger partial charge in [-0.3, -0.25) is 4.55 Å². The summed E-state index contributed by atoms with van der Waals surface area (Å²) in [6.07, 6.45) is 10.3. The lowest BCUT2D eigenvalue weighted by Gasteiger charge is -2.29. The van der Waals surface area contributed by atoms with Crippen molar-refractivity contribution in [3.8, 4) is 0 Å². The SMILES string of the molecule is CCCCCCCCCC[N+](C)(C)CCOS(=O)(=O)O.[Cl-]. The molecule has 0 aromatic heterocycles. The maximum Gasteiger partial charge on any atom is 0.397 e. The smallest absolute Gasteiger partial charge is 0.397 e. The zero-order valence-corrected chi connectivity index (χ0v) is 15.3. The van der Waals surface area contributed by atoms with Gasteiger partial charge in [-0.1, -0.05) is 45.4 Å². The molecule has 0 rings (SSSR count).